The summed E-state index contributed by atoms with van der Waals surface area (Å²) in [7, 11) is 0. The zero-order valence-corrected chi connectivity index (χ0v) is 20.2. The largest absolute Gasteiger partial charge is 0.492 e. The van der Waals surface area contributed by atoms with E-state index in [0.29, 0.717) is 40.8 Å². The summed E-state index contributed by atoms with van der Waals surface area (Å²) in [6.45, 7) is 2.48. The van der Waals surface area contributed by atoms with E-state index in [1.165, 1.54) is 18.3 Å². The Morgan fingerprint density at radius 3 is 2.86 bits per heavy atom. The standard InChI is InChI=1S/C26H27FN6O4/c1-16(21-11-18(27)7-8-23(21)36-15-19(28)14-34)32-10-9-17-13-33-25(31-24(17)32)22(12-29-33)30-26(35)37-20-5-3-2-4-6-20/h2-8,11-13,16,19,34H,9-10,14-15,28H2,1H3,(H,30,35)/t16-,19?/m1/s1. The zero-order valence-electron chi connectivity index (χ0n) is 20.2. The Labute approximate surface area is 212 Å². The number of nitrogens with two attached hydrogens (primary N) is 1. The van der Waals surface area contributed by atoms with Crippen molar-refractivity contribution in [2.75, 3.05) is 30.0 Å². The molecule has 1 unspecified atom stereocenters. The predicted molar refractivity (Wildman–Crippen MR) is 135 cm³/mol. The molecule has 0 saturated heterocycles. The molecule has 2 atom stereocenters. The second kappa shape index (κ2) is 10.4. The average Bonchev–Trinajstić information content (AvgIpc) is 3.50. The number of para-hydroxylation sites is 1. The molecule has 0 aliphatic carbocycles. The highest BCUT2D eigenvalue weighted by Crippen LogP contribution is 2.38. The van der Waals surface area contributed by atoms with E-state index in [4.69, 9.17) is 20.2 Å². The van der Waals surface area contributed by atoms with Gasteiger partial charge in [0.05, 0.1) is 24.9 Å². The maximum absolute atomic E-state index is 14.2. The fourth-order valence-corrected chi connectivity index (χ4v) is 4.30. The number of halogens is 1. The molecule has 0 radical (unpaired) electrons. The van der Waals surface area contributed by atoms with Gasteiger partial charge in [-0.15, -0.1) is 0 Å². The van der Waals surface area contributed by atoms with Crippen LogP contribution >= 0.6 is 0 Å². The molecule has 4 aromatic rings. The van der Waals surface area contributed by atoms with Crippen molar-refractivity contribution in [2.24, 2.45) is 5.73 Å². The van der Waals surface area contributed by atoms with Crippen LogP contribution < -0.4 is 25.4 Å². The molecular formula is C26H27FN6O4. The van der Waals surface area contributed by atoms with Gasteiger partial charge in [-0.3, -0.25) is 5.32 Å². The summed E-state index contributed by atoms with van der Waals surface area (Å²) >= 11 is 0. The molecule has 0 spiro atoms. The molecule has 1 aliphatic rings. The van der Waals surface area contributed by atoms with Crippen molar-refractivity contribution in [3.8, 4) is 11.5 Å². The maximum Gasteiger partial charge on any atom is 0.417 e. The van der Waals surface area contributed by atoms with Gasteiger partial charge in [0.25, 0.3) is 0 Å². The number of benzene rings is 2. The quantitative estimate of drug-likeness (QED) is 0.332. The third-order valence-electron chi connectivity index (χ3n) is 6.21. The van der Waals surface area contributed by atoms with E-state index in [9.17, 15) is 14.3 Å². The monoisotopic (exact) mass is 506 g/mol. The molecule has 10 nitrogen and oxygen atoms in total. The molecule has 5 rings (SSSR count). The minimum Gasteiger partial charge on any atom is -0.492 e. The number of hydrogen-bond donors (Lipinski definition) is 3. The summed E-state index contributed by atoms with van der Waals surface area (Å²) < 4.78 is 27.0. The third-order valence-corrected chi connectivity index (χ3v) is 6.21. The molecule has 192 valence electrons. The molecule has 11 heteroatoms. The number of carbonyl (C=O) groups excluding carboxylic acids is 1. The van der Waals surface area contributed by atoms with Crippen LogP contribution in [0.1, 0.15) is 24.1 Å². The Balaban J connectivity index is 1.40. The molecule has 0 fully saturated rings. The van der Waals surface area contributed by atoms with Gasteiger partial charge in [0.1, 0.15) is 35.4 Å². The van der Waals surface area contributed by atoms with E-state index in [-0.39, 0.29) is 25.1 Å². The highest BCUT2D eigenvalue weighted by atomic mass is 19.1. The maximum atomic E-state index is 14.2. The van der Waals surface area contributed by atoms with Crippen LogP contribution in [0.4, 0.5) is 20.7 Å². The normalized spacial score (nSPS) is 14.3. The topological polar surface area (TPSA) is 127 Å². The number of fused-ring (bicyclic) bond motifs is 2. The second-order valence-electron chi connectivity index (χ2n) is 8.80. The number of anilines is 2. The lowest BCUT2D eigenvalue weighted by Crippen LogP contribution is -2.32. The SMILES string of the molecule is C[C@H](c1cc(F)ccc1OCC(N)CO)N1CCc2cn3ncc(NC(=O)Oc4ccccc4)c3nc21. The van der Waals surface area contributed by atoms with Gasteiger partial charge in [-0.1, -0.05) is 18.2 Å². The number of carbonyl (C=O) groups is 1. The van der Waals surface area contributed by atoms with Crippen LogP contribution in [0.5, 0.6) is 11.5 Å². The van der Waals surface area contributed by atoms with E-state index in [0.717, 1.165) is 12.0 Å². The number of aliphatic hydroxyl groups is 1. The number of ether oxygens (including phenoxy) is 2. The second-order valence-corrected chi connectivity index (χ2v) is 8.80. The number of amides is 1. The minimum absolute atomic E-state index is 0.0985. The molecule has 2 aromatic carbocycles. The van der Waals surface area contributed by atoms with E-state index >= 15 is 0 Å². The lowest BCUT2D eigenvalue weighted by Gasteiger charge is -2.28. The van der Waals surface area contributed by atoms with Crippen molar-refractivity contribution in [2.45, 2.75) is 25.4 Å². The Morgan fingerprint density at radius 2 is 2.08 bits per heavy atom. The van der Waals surface area contributed by atoms with Gasteiger partial charge in [-0.2, -0.15) is 5.10 Å². The lowest BCUT2D eigenvalue weighted by atomic mass is 10.1. The van der Waals surface area contributed by atoms with Crippen molar-refractivity contribution in [1.29, 1.82) is 0 Å². The Bertz CT molecular complexity index is 1410. The average molecular weight is 507 g/mol. The molecule has 2 aromatic heterocycles. The van der Waals surface area contributed by atoms with Gasteiger partial charge in [0.2, 0.25) is 0 Å². The lowest BCUT2D eigenvalue weighted by molar-refractivity contribution is 0.205. The summed E-state index contributed by atoms with van der Waals surface area (Å²) in [6, 6.07) is 12.2. The fourth-order valence-electron chi connectivity index (χ4n) is 4.30. The van der Waals surface area contributed by atoms with Gasteiger partial charge >= 0.3 is 6.09 Å². The molecule has 37 heavy (non-hydrogen) atoms. The van der Waals surface area contributed by atoms with E-state index < -0.39 is 12.1 Å². The molecule has 3 heterocycles. The Kier molecular flexibility index (Phi) is 6.89. The Morgan fingerprint density at radius 1 is 1.27 bits per heavy atom. The smallest absolute Gasteiger partial charge is 0.417 e. The number of aromatic nitrogens is 3. The van der Waals surface area contributed by atoms with Crippen LogP contribution in [0.2, 0.25) is 0 Å². The molecule has 0 bridgehead atoms. The van der Waals surface area contributed by atoms with Crippen molar-refractivity contribution < 1.29 is 23.8 Å². The van der Waals surface area contributed by atoms with Crippen LogP contribution in [0.15, 0.2) is 60.9 Å². The first-order valence-electron chi connectivity index (χ1n) is 11.9. The molecule has 0 saturated carbocycles. The first-order valence-corrected chi connectivity index (χ1v) is 11.9. The van der Waals surface area contributed by atoms with Crippen molar-refractivity contribution in [3.05, 3.63) is 77.9 Å². The molecule has 4 N–H and O–H groups in total. The zero-order chi connectivity index (χ0) is 25.9. The number of nitrogens with one attached hydrogen (secondary N) is 1. The van der Waals surface area contributed by atoms with Crippen LogP contribution in [0.25, 0.3) is 5.65 Å². The van der Waals surface area contributed by atoms with E-state index in [1.54, 1.807) is 34.8 Å². The van der Waals surface area contributed by atoms with Crippen molar-refractivity contribution in [1.82, 2.24) is 14.6 Å². The van der Waals surface area contributed by atoms with Gasteiger partial charge in [0.15, 0.2) is 5.65 Å². The van der Waals surface area contributed by atoms with Gasteiger partial charge < -0.3 is 25.2 Å². The number of hydrogen-bond acceptors (Lipinski definition) is 8. The van der Waals surface area contributed by atoms with Crippen molar-refractivity contribution >= 4 is 23.2 Å². The Hall–Kier alpha value is -4.22. The van der Waals surface area contributed by atoms with Gasteiger partial charge in [0, 0.05) is 23.9 Å². The van der Waals surface area contributed by atoms with Crippen LogP contribution in [-0.4, -0.2) is 51.6 Å². The number of rotatable bonds is 8. The fraction of sp³-hybridized carbons (Fsp3) is 0.269. The number of nitrogens with zero attached hydrogens (tertiary/aromatic N) is 4. The minimum atomic E-state index is -0.656. The van der Waals surface area contributed by atoms with Crippen LogP contribution in [0.3, 0.4) is 0 Å². The summed E-state index contributed by atoms with van der Waals surface area (Å²) in [5.41, 5.74) is 8.24. The summed E-state index contributed by atoms with van der Waals surface area (Å²) in [4.78, 5) is 19.3. The van der Waals surface area contributed by atoms with Gasteiger partial charge in [-0.25, -0.2) is 18.7 Å². The highest BCUT2D eigenvalue weighted by molar-refractivity contribution is 5.90. The van der Waals surface area contributed by atoms with Crippen LogP contribution in [-0.2, 0) is 6.42 Å². The summed E-state index contributed by atoms with van der Waals surface area (Å²) in [5.74, 6) is 1.23. The molecule has 1 aliphatic heterocycles. The predicted octanol–water partition coefficient (Wildman–Crippen LogP) is 3.30. The van der Waals surface area contributed by atoms with Crippen LogP contribution in [0, 0.1) is 5.82 Å². The highest BCUT2D eigenvalue weighted by Gasteiger charge is 2.29. The van der Waals surface area contributed by atoms with Crippen molar-refractivity contribution in [3.63, 3.8) is 0 Å². The number of aliphatic hydroxyl groups excluding tert-OH is 1. The first kappa shape index (κ1) is 24.5. The van der Waals surface area contributed by atoms with Gasteiger partial charge in [-0.05, 0) is 43.7 Å². The third kappa shape index (κ3) is 5.18. The summed E-state index contributed by atoms with van der Waals surface area (Å²) in [6.07, 6.45) is 3.46. The van der Waals surface area contributed by atoms with E-state index in [1.807, 2.05) is 19.2 Å². The first-order chi connectivity index (χ1) is 17.9. The summed E-state index contributed by atoms with van der Waals surface area (Å²) in [5, 5.41) is 16.2. The molecule has 1 amide bonds. The molecular weight excluding hydrogens is 479 g/mol. The van der Waals surface area contributed by atoms with E-state index in [2.05, 4.69) is 15.3 Å².